The molecule has 2 heterocycles. The SMILES string of the molecule is CCOC(=O)N1CCc2cc(OC)c(OC)cc2[C@@H]1[C@@H]1c2cc(OC)c(OC)cc2CCN1C(=O)OCC. The molecule has 2 amide bonds. The van der Waals surface area contributed by atoms with Crippen molar-refractivity contribution in [3.8, 4) is 23.0 Å². The minimum Gasteiger partial charge on any atom is -0.493 e. The van der Waals surface area contributed by atoms with Gasteiger partial charge in [0.1, 0.15) is 0 Å². The second-order valence-electron chi connectivity index (χ2n) is 8.99. The van der Waals surface area contributed by atoms with Crippen LogP contribution in [0.15, 0.2) is 24.3 Å². The molecule has 10 heteroatoms. The van der Waals surface area contributed by atoms with Crippen LogP contribution in [0.1, 0.15) is 48.2 Å². The van der Waals surface area contributed by atoms with E-state index < -0.39 is 24.3 Å². The zero-order valence-electron chi connectivity index (χ0n) is 22.9. The van der Waals surface area contributed by atoms with Gasteiger partial charge >= 0.3 is 12.2 Å². The fourth-order valence-electron chi connectivity index (χ4n) is 5.46. The molecule has 0 fully saturated rings. The largest absolute Gasteiger partial charge is 0.493 e. The molecule has 206 valence electrons. The maximum atomic E-state index is 13.3. The molecule has 2 aromatic rings. The van der Waals surface area contributed by atoms with Crippen molar-refractivity contribution in [2.24, 2.45) is 0 Å². The minimum absolute atomic E-state index is 0.231. The van der Waals surface area contributed by atoms with Crippen LogP contribution in [-0.2, 0) is 22.3 Å². The van der Waals surface area contributed by atoms with Crippen LogP contribution >= 0.6 is 0 Å². The molecule has 0 saturated heterocycles. The molecule has 0 bridgehead atoms. The van der Waals surface area contributed by atoms with Crippen LogP contribution in [-0.4, -0.2) is 76.7 Å². The van der Waals surface area contributed by atoms with Gasteiger partial charge in [-0.3, -0.25) is 9.80 Å². The highest BCUT2D eigenvalue weighted by Crippen LogP contribution is 2.49. The lowest BCUT2D eigenvalue weighted by Crippen LogP contribution is -2.50. The summed E-state index contributed by atoms with van der Waals surface area (Å²) in [6.45, 7) is 4.82. The molecule has 2 aliphatic heterocycles. The summed E-state index contributed by atoms with van der Waals surface area (Å²) in [5.41, 5.74) is 3.71. The highest BCUT2D eigenvalue weighted by Gasteiger charge is 2.45. The van der Waals surface area contributed by atoms with Gasteiger partial charge < -0.3 is 28.4 Å². The van der Waals surface area contributed by atoms with E-state index in [4.69, 9.17) is 28.4 Å². The Bertz CT molecular complexity index is 1090. The zero-order valence-corrected chi connectivity index (χ0v) is 22.9. The van der Waals surface area contributed by atoms with E-state index in [0.717, 1.165) is 22.3 Å². The summed E-state index contributed by atoms with van der Waals surface area (Å²) in [7, 11) is 6.33. The number of carbonyl (C=O) groups is 2. The molecule has 38 heavy (non-hydrogen) atoms. The van der Waals surface area contributed by atoms with Gasteiger partial charge in [0.05, 0.1) is 53.7 Å². The summed E-state index contributed by atoms with van der Waals surface area (Å²) >= 11 is 0. The second-order valence-corrected chi connectivity index (χ2v) is 8.99. The van der Waals surface area contributed by atoms with Gasteiger partial charge in [0, 0.05) is 13.1 Å². The summed E-state index contributed by atoms with van der Waals surface area (Å²) in [6, 6.07) is 6.50. The lowest BCUT2D eigenvalue weighted by Gasteiger charge is -2.47. The van der Waals surface area contributed by atoms with Crippen molar-refractivity contribution in [1.82, 2.24) is 9.80 Å². The highest BCUT2D eigenvalue weighted by molar-refractivity contribution is 5.72. The molecule has 4 rings (SSSR count). The molecule has 10 nitrogen and oxygen atoms in total. The van der Waals surface area contributed by atoms with Gasteiger partial charge in [-0.15, -0.1) is 0 Å². The van der Waals surface area contributed by atoms with Gasteiger partial charge in [0.25, 0.3) is 0 Å². The van der Waals surface area contributed by atoms with Crippen LogP contribution in [0, 0.1) is 0 Å². The van der Waals surface area contributed by atoms with E-state index in [-0.39, 0.29) is 13.2 Å². The first-order valence-electron chi connectivity index (χ1n) is 12.8. The standard InChI is InChI=1S/C28H36N2O8/c1-7-37-27(31)29-11-9-17-13-21(33-3)23(35-5)15-19(17)25(29)26-20-16-24(36-6)22(34-4)14-18(20)10-12-30(26)28(32)38-8-2/h13-16,25-26H,7-12H2,1-6H3/t25-,26+. The summed E-state index contributed by atoms with van der Waals surface area (Å²) in [5, 5.41) is 0. The normalized spacial score (nSPS) is 18.2. The fourth-order valence-corrected chi connectivity index (χ4v) is 5.46. The van der Waals surface area contributed by atoms with Crippen molar-refractivity contribution in [3.05, 3.63) is 46.5 Å². The number of rotatable bonds is 7. The Morgan fingerprint density at radius 1 is 0.658 bits per heavy atom. The summed E-state index contributed by atoms with van der Waals surface area (Å²) in [4.78, 5) is 30.1. The van der Waals surface area contributed by atoms with Crippen molar-refractivity contribution in [3.63, 3.8) is 0 Å². The number of carbonyl (C=O) groups excluding carboxylic acids is 2. The third kappa shape index (κ3) is 4.87. The number of amides is 2. The van der Waals surface area contributed by atoms with Crippen LogP contribution < -0.4 is 18.9 Å². The first-order chi connectivity index (χ1) is 18.4. The predicted octanol–water partition coefficient (Wildman–Crippen LogP) is 4.53. The van der Waals surface area contributed by atoms with Crippen molar-refractivity contribution >= 4 is 12.2 Å². The van der Waals surface area contributed by atoms with Crippen LogP contribution in [0.5, 0.6) is 23.0 Å². The fraction of sp³-hybridized carbons (Fsp3) is 0.500. The molecule has 0 saturated carbocycles. The molecule has 0 radical (unpaired) electrons. The Labute approximate surface area is 223 Å². The number of benzene rings is 2. The predicted molar refractivity (Wildman–Crippen MR) is 139 cm³/mol. The molecule has 0 aromatic heterocycles. The monoisotopic (exact) mass is 528 g/mol. The Morgan fingerprint density at radius 2 is 1.00 bits per heavy atom. The Balaban J connectivity index is 1.98. The van der Waals surface area contributed by atoms with Gasteiger partial charge in [-0.2, -0.15) is 0 Å². The number of nitrogens with zero attached hydrogens (tertiary/aromatic N) is 2. The van der Waals surface area contributed by atoms with E-state index in [1.807, 2.05) is 24.3 Å². The van der Waals surface area contributed by atoms with E-state index in [1.54, 1.807) is 52.1 Å². The zero-order chi connectivity index (χ0) is 27.4. The third-order valence-corrected chi connectivity index (χ3v) is 7.15. The first-order valence-corrected chi connectivity index (χ1v) is 12.8. The van der Waals surface area contributed by atoms with Gasteiger partial charge in [-0.25, -0.2) is 9.59 Å². The maximum Gasteiger partial charge on any atom is 0.410 e. The first kappa shape index (κ1) is 27.2. The van der Waals surface area contributed by atoms with E-state index in [1.165, 1.54) is 0 Å². The topological polar surface area (TPSA) is 96.0 Å². The molecule has 0 spiro atoms. The lowest BCUT2D eigenvalue weighted by atomic mass is 9.80. The second kappa shape index (κ2) is 11.7. The number of hydrogen-bond acceptors (Lipinski definition) is 8. The van der Waals surface area contributed by atoms with Crippen LogP contribution in [0.3, 0.4) is 0 Å². The van der Waals surface area contributed by atoms with Gasteiger partial charge in [-0.1, -0.05) is 0 Å². The minimum atomic E-state index is -0.584. The average Bonchev–Trinajstić information content (AvgIpc) is 2.94. The Kier molecular flexibility index (Phi) is 8.38. The highest BCUT2D eigenvalue weighted by atomic mass is 16.6. The molecule has 0 N–H and O–H groups in total. The van der Waals surface area contributed by atoms with E-state index in [2.05, 4.69) is 0 Å². The van der Waals surface area contributed by atoms with Gasteiger partial charge in [0.2, 0.25) is 0 Å². The van der Waals surface area contributed by atoms with Crippen LogP contribution in [0.4, 0.5) is 9.59 Å². The molecule has 0 unspecified atom stereocenters. The Hall–Kier alpha value is -3.82. The summed E-state index contributed by atoms with van der Waals surface area (Å²) < 4.78 is 33.3. The number of ether oxygens (including phenoxy) is 6. The van der Waals surface area contributed by atoms with E-state index >= 15 is 0 Å². The summed E-state index contributed by atoms with van der Waals surface area (Å²) in [5.74, 6) is 2.28. The van der Waals surface area contributed by atoms with Crippen molar-refractivity contribution in [2.45, 2.75) is 38.8 Å². The molecule has 2 aromatic carbocycles. The van der Waals surface area contributed by atoms with Crippen LogP contribution in [0.2, 0.25) is 0 Å². The van der Waals surface area contributed by atoms with Crippen LogP contribution in [0.25, 0.3) is 0 Å². The number of methoxy groups -OCH3 is 4. The van der Waals surface area contributed by atoms with Crippen molar-refractivity contribution < 1.29 is 38.0 Å². The maximum absolute atomic E-state index is 13.3. The lowest BCUT2D eigenvalue weighted by molar-refractivity contribution is 0.0338. The number of fused-ring (bicyclic) bond motifs is 2. The molecular formula is C28H36N2O8. The number of hydrogen-bond donors (Lipinski definition) is 0. The van der Waals surface area contributed by atoms with Crippen molar-refractivity contribution in [1.29, 1.82) is 0 Å². The van der Waals surface area contributed by atoms with Crippen molar-refractivity contribution in [2.75, 3.05) is 54.7 Å². The van der Waals surface area contributed by atoms with E-state index in [0.29, 0.717) is 48.9 Å². The van der Waals surface area contributed by atoms with Gasteiger partial charge in [-0.05, 0) is 73.2 Å². The Morgan fingerprint density at radius 3 is 1.32 bits per heavy atom. The van der Waals surface area contributed by atoms with E-state index in [9.17, 15) is 9.59 Å². The molecular weight excluding hydrogens is 492 g/mol. The quantitative estimate of drug-likeness (QED) is 0.517. The molecule has 0 aliphatic carbocycles. The van der Waals surface area contributed by atoms with Gasteiger partial charge in [0.15, 0.2) is 23.0 Å². The third-order valence-electron chi connectivity index (χ3n) is 7.15. The molecule has 2 aliphatic rings. The smallest absolute Gasteiger partial charge is 0.410 e. The molecule has 2 atom stereocenters. The average molecular weight is 529 g/mol. The summed E-state index contributed by atoms with van der Waals surface area (Å²) in [6.07, 6.45) is 0.287.